The van der Waals surface area contributed by atoms with E-state index in [0.29, 0.717) is 11.1 Å². The van der Waals surface area contributed by atoms with Gasteiger partial charge in [-0.15, -0.1) is 0 Å². The highest BCUT2D eigenvalue weighted by atomic mass is 19.1. The van der Waals surface area contributed by atoms with Gasteiger partial charge in [0.25, 0.3) is 0 Å². The number of benzene rings is 1. The number of hydrogen-bond donors (Lipinski definition) is 1. The van der Waals surface area contributed by atoms with E-state index in [0.717, 1.165) is 6.07 Å². The van der Waals surface area contributed by atoms with Gasteiger partial charge in [0.15, 0.2) is 0 Å². The van der Waals surface area contributed by atoms with E-state index >= 15 is 0 Å². The van der Waals surface area contributed by atoms with Gasteiger partial charge in [-0.1, -0.05) is 20.8 Å². The zero-order chi connectivity index (χ0) is 11.6. The van der Waals surface area contributed by atoms with Crippen LogP contribution in [0.25, 0.3) is 0 Å². The van der Waals surface area contributed by atoms with Crippen LogP contribution < -0.4 is 0 Å². The second kappa shape index (κ2) is 4.71. The molecule has 3 heteroatoms. The molecule has 1 nitrogen and oxygen atoms in total. The highest BCUT2D eigenvalue weighted by Crippen LogP contribution is 2.26. The van der Waals surface area contributed by atoms with Crippen molar-refractivity contribution >= 4 is 0 Å². The molecule has 0 aromatic heterocycles. The summed E-state index contributed by atoms with van der Waals surface area (Å²) in [6, 6.07) is 2.41. The minimum atomic E-state index is -0.585. The zero-order valence-electron chi connectivity index (χ0n) is 9.22. The first-order chi connectivity index (χ1) is 6.97. The lowest BCUT2D eigenvalue weighted by Crippen LogP contribution is -2.05. The monoisotopic (exact) mass is 214 g/mol. The molecule has 1 atom stereocenters. The summed E-state index contributed by atoms with van der Waals surface area (Å²) in [6.07, 6.45) is 0. The summed E-state index contributed by atoms with van der Waals surface area (Å²) in [4.78, 5) is 0. The standard InChI is InChI=1S/C12H16F2O/c1-7(2)9-4-10(8(3)6-15)12(14)5-11(9)13/h4-5,7-8,15H,6H2,1-3H3. The van der Waals surface area contributed by atoms with Gasteiger partial charge < -0.3 is 5.11 Å². The molecule has 84 valence electrons. The molecule has 0 aliphatic rings. The molecule has 0 aliphatic carbocycles. The molecular formula is C12H16F2O. The fraction of sp³-hybridized carbons (Fsp3) is 0.500. The number of aliphatic hydroxyl groups is 1. The van der Waals surface area contributed by atoms with Gasteiger partial charge in [-0.2, -0.15) is 0 Å². The van der Waals surface area contributed by atoms with Crippen molar-refractivity contribution in [3.05, 3.63) is 34.9 Å². The lowest BCUT2D eigenvalue weighted by atomic mass is 9.94. The van der Waals surface area contributed by atoms with E-state index in [2.05, 4.69) is 0 Å². The molecule has 1 N–H and O–H groups in total. The molecule has 1 rings (SSSR count). The van der Waals surface area contributed by atoms with Crippen LogP contribution in [0.3, 0.4) is 0 Å². The summed E-state index contributed by atoms with van der Waals surface area (Å²) in [7, 11) is 0. The van der Waals surface area contributed by atoms with E-state index < -0.39 is 11.6 Å². The van der Waals surface area contributed by atoms with Crippen molar-refractivity contribution in [2.45, 2.75) is 32.6 Å². The molecule has 1 aromatic rings. The second-order valence-electron chi connectivity index (χ2n) is 4.13. The molecule has 0 saturated heterocycles. The number of aliphatic hydroxyl groups excluding tert-OH is 1. The third-order valence-electron chi connectivity index (χ3n) is 2.54. The maximum Gasteiger partial charge on any atom is 0.129 e. The van der Waals surface area contributed by atoms with E-state index in [-0.39, 0.29) is 18.4 Å². The smallest absolute Gasteiger partial charge is 0.129 e. The lowest BCUT2D eigenvalue weighted by molar-refractivity contribution is 0.270. The summed E-state index contributed by atoms with van der Waals surface area (Å²) in [6.45, 7) is 5.27. The Balaban J connectivity index is 3.23. The Morgan fingerprint density at radius 3 is 2.07 bits per heavy atom. The van der Waals surface area contributed by atoms with E-state index in [1.54, 1.807) is 6.92 Å². The molecule has 15 heavy (non-hydrogen) atoms. The average molecular weight is 214 g/mol. The van der Waals surface area contributed by atoms with E-state index in [9.17, 15) is 8.78 Å². The van der Waals surface area contributed by atoms with Gasteiger partial charge in [-0.3, -0.25) is 0 Å². The van der Waals surface area contributed by atoms with Gasteiger partial charge in [0.2, 0.25) is 0 Å². The van der Waals surface area contributed by atoms with E-state index in [1.807, 2.05) is 13.8 Å². The minimum absolute atomic E-state index is 0.00948. The van der Waals surface area contributed by atoms with Gasteiger partial charge >= 0.3 is 0 Å². The minimum Gasteiger partial charge on any atom is -0.396 e. The third kappa shape index (κ3) is 2.53. The van der Waals surface area contributed by atoms with Crippen molar-refractivity contribution in [3.8, 4) is 0 Å². The van der Waals surface area contributed by atoms with Gasteiger partial charge in [-0.05, 0) is 23.1 Å². The Hall–Kier alpha value is -0.960. The molecule has 0 spiro atoms. The summed E-state index contributed by atoms with van der Waals surface area (Å²) in [5.41, 5.74) is 0.870. The van der Waals surface area contributed by atoms with Crippen LogP contribution in [0.2, 0.25) is 0 Å². The number of hydrogen-bond acceptors (Lipinski definition) is 1. The normalized spacial score (nSPS) is 13.3. The molecule has 0 fully saturated rings. The van der Waals surface area contributed by atoms with Crippen molar-refractivity contribution in [3.63, 3.8) is 0 Å². The van der Waals surface area contributed by atoms with Crippen molar-refractivity contribution in [2.75, 3.05) is 6.61 Å². The first kappa shape index (κ1) is 12.1. The molecule has 1 unspecified atom stereocenters. The summed E-state index contributed by atoms with van der Waals surface area (Å²) >= 11 is 0. The van der Waals surface area contributed by atoms with Crippen LogP contribution in [0.4, 0.5) is 8.78 Å². The Morgan fingerprint density at radius 2 is 1.60 bits per heavy atom. The Kier molecular flexibility index (Phi) is 3.80. The first-order valence-electron chi connectivity index (χ1n) is 5.07. The molecule has 0 bridgehead atoms. The quantitative estimate of drug-likeness (QED) is 0.819. The molecule has 0 amide bonds. The molecule has 0 aliphatic heterocycles. The van der Waals surface area contributed by atoms with Crippen LogP contribution in [0.5, 0.6) is 0 Å². The largest absolute Gasteiger partial charge is 0.396 e. The SMILES string of the molecule is CC(C)c1cc(C(C)CO)c(F)cc1F. The van der Waals surface area contributed by atoms with Gasteiger partial charge in [0.1, 0.15) is 11.6 Å². The summed E-state index contributed by atoms with van der Waals surface area (Å²) in [5.74, 6) is -1.40. The molecule has 0 radical (unpaired) electrons. The van der Waals surface area contributed by atoms with Crippen LogP contribution in [-0.2, 0) is 0 Å². The maximum absolute atomic E-state index is 13.4. The van der Waals surface area contributed by atoms with Crippen molar-refractivity contribution in [1.82, 2.24) is 0 Å². The number of rotatable bonds is 3. The van der Waals surface area contributed by atoms with Crippen molar-refractivity contribution < 1.29 is 13.9 Å². The zero-order valence-corrected chi connectivity index (χ0v) is 9.22. The second-order valence-corrected chi connectivity index (χ2v) is 4.13. The maximum atomic E-state index is 13.4. The van der Waals surface area contributed by atoms with Crippen LogP contribution >= 0.6 is 0 Å². The van der Waals surface area contributed by atoms with Gasteiger partial charge in [-0.25, -0.2) is 8.78 Å². The first-order valence-corrected chi connectivity index (χ1v) is 5.07. The van der Waals surface area contributed by atoms with Crippen molar-refractivity contribution in [1.29, 1.82) is 0 Å². The highest BCUT2D eigenvalue weighted by molar-refractivity contribution is 5.31. The van der Waals surface area contributed by atoms with Crippen LogP contribution in [0.15, 0.2) is 12.1 Å². The predicted octanol–water partition coefficient (Wildman–Crippen LogP) is 3.18. The summed E-state index contributed by atoms with van der Waals surface area (Å²) in [5, 5.41) is 8.95. The van der Waals surface area contributed by atoms with Crippen molar-refractivity contribution in [2.24, 2.45) is 0 Å². The highest BCUT2D eigenvalue weighted by Gasteiger charge is 2.16. The van der Waals surface area contributed by atoms with E-state index in [4.69, 9.17) is 5.11 Å². The lowest BCUT2D eigenvalue weighted by Gasteiger charge is -2.14. The Labute approximate surface area is 88.7 Å². The van der Waals surface area contributed by atoms with Crippen LogP contribution in [0.1, 0.15) is 43.7 Å². The van der Waals surface area contributed by atoms with Gasteiger partial charge in [0, 0.05) is 18.6 Å². The topological polar surface area (TPSA) is 20.2 Å². The number of halogens is 2. The van der Waals surface area contributed by atoms with Crippen LogP contribution in [0, 0.1) is 11.6 Å². The Morgan fingerprint density at radius 1 is 1.07 bits per heavy atom. The fourth-order valence-electron chi connectivity index (χ4n) is 1.50. The van der Waals surface area contributed by atoms with Gasteiger partial charge in [0.05, 0.1) is 0 Å². The third-order valence-corrected chi connectivity index (χ3v) is 2.54. The molecule has 0 saturated carbocycles. The van der Waals surface area contributed by atoms with E-state index in [1.165, 1.54) is 6.07 Å². The molecule has 1 aromatic carbocycles. The average Bonchev–Trinajstić information content (AvgIpc) is 2.16. The van der Waals surface area contributed by atoms with Crippen LogP contribution in [-0.4, -0.2) is 11.7 Å². The molecule has 0 heterocycles. The predicted molar refractivity (Wildman–Crippen MR) is 55.9 cm³/mol. The molecular weight excluding hydrogens is 198 g/mol. The summed E-state index contributed by atoms with van der Waals surface area (Å²) < 4.78 is 26.7. The fourth-order valence-corrected chi connectivity index (χ4v) is 1.50. The Bertz CT molecular complexity index is 348.